The number of nitrogens with zero attached hydrogens (tertiary/aromatic N) is 5. The number of nitrogens with one attached hydrogen (secondary N) is 1. The highest BCUT2D eigenvalue weighted by Gasteiger charge is 2.20. The first kappa shape index (κ1) is 20.7. The van der Waals surface area contributed by atoms with E-state index in [1.807, 2.05) is 35.1 Å². The molecule has 1 fully saturated rings. The van der Waals surface area contributed by atoms with Crippen molar-refractivity contribution in [2.24, 2.45) is 4.99 Å². The Kier molecular flexibility index (Phi) is 5.15. The van der Waals surface area contributed by atoms with Crippen molar-refractivity contribution in [1.82, 2.24) is 14.4 Å². The Balaban J connectivity index is 1.33. The first-order valence-electron chi connectivity index (χ1n) is 11.5. The zero-order valence-electron chi connectivity index (χ0n) is 19.0. The molecule has 2 aromatic carbocycles. The molecule has 0 radical (unpaired) electrons. The fraction of sp³-hybridized carbons (Fsp3) is 0.269. The molecule has 2 N–H and O–H groups in total. The van der Waals surface area contributed by atoms with Crippen LogP contribution >= 0.6 is 0 Å². The number of piperidine rings is 1. The van der Waals surface area contributed by atoms with Crippen molar-refractivity contribution in [2.75, 3.05) is 30.4 Å². The van der Waals surface area contributed by atoms with Crippen LogP contribution in [0.1, 0.15) is 24.0 Å². The molecule has 0 amide bonds. The van der Waals surface area contributed by atoms with Crippen molar-refractivity contribution in [3.63, 3.8) is 0 Å². The van der Waals surface area contributed by atoms with Crippen molar-refractivity contribution >= 4 is 29.1 Å². The molecule has 8 nitrogen and oxygen atoms in total. The number of hydrogen-bond acceptors (Lipinski definition) is 7. The number of aliphatic hydroxyl groups excluding tert-OH is 1. The molecule has 2 aliphatic heterocycles. The molecular weight excluding hydrogens is 428 g/mol. The molecule has 0 spiro atoms. The second-order valence-electron chi connectivity index (χ2n) is 8.75. The quantitative estimate of drug-likeness (QED) is 0.473. The van der Waals surface area contributed by atoms with Gasteiger partial charge < -0.3 is 24.5 Å². The zero-order valence-corrected chi connectivity index (χ0v) is 19.0. The summed E-state index contributed by atoms with van der Waals surface area (Å²) in [7, 11) is 1.69. The van der Waals surface area contributed by atoms with Crippen molar-refractivity contribution < 1.29 is 9.84 Å². The van der Waals surface area contributed by atoms with E-state index in [1.165, 1.54) is 11.1 Å². The summed E-state index contributed by atoms with van der Waals surface area (Å²) in [5.74, 6) is 1.46. The van der Waals surface area contributed by atoms with Crippen molar-refractivity contribution in [3.8, 4) is 17.0 Å². The molecule has 0 aliphatic carbocycles. The monoisotopic (exact) mass is 454 g/mol. The Bertz CT molecular complexity index is 1390. The highest BCUT2D eigenvalue weighted by molar-refractivity contribution is 5.86. The highest BCUT2D eigenvalue weighted by Crippen LogP contribution is 2.35. The van der Waals surface area contributed by atoms with E-state index >= 15 is 0 Å². The molecule has 172 valence electrons. The summed E-state index contributed by atoms with van der Waals surface area (Å²) >= 11 is 0. The van der Waals surface area contributed by atoms with E-state index in [0.717, 1.165) is 60.0 Å². The topological polar surface area (TPSA) is 87.3 Å². The van der Waals surface area contributed by atoms with Crippen LogP contribution in [-0.4, -0.2) is 52.0 Å². The van der Waals surface area contributed by atoms with Crippen LogP contribution in [0.3, 0.4) is 0 Å². The van der Waals surface area contributed by atoms with Gasteiger partial charge in [0.15, 0.2) is 11.5 Å². The van der Waals surface area contributed by atoms with Crippen LogP contribution in [0.5, 0.6) is 5.75 Å². The maximum atomic E-state index is 9.84. The first-order chi connectivity index (χ1) is 16.7. The van der Waals surface area contributed by atoms with E-state index in [9.17, 15) is 5.11 Å². The molecular formula is C26H26N6O2. The van der Waals surface area contributed by atoms with Gasteiger partial charge in [0.05, 0.1) is 31.1 Å². The van der Waals surface area contributed by atoms with E-state index in [0.29, 0.717) is 12.4 Å². The molecule has 4 aromatic rings. The lowest BCUT2D eigenvalue weighted by Crippen LogP contribution is -2.35. The lowest BCUT2D eigenvalue weighted by atomic mass is 10.0. The van der Waals surface area contributed by atoms with Crippen molar-refractivity contribution in [3.05, 3.63) is 66.1 Å². The number of aromatic nitrogens is 3. The molecule has 1 saturated heterocycles. The number of fused-ring (bicyclic) bond motifs is 2. The predicted octanol–water partition coefficient (Wildman–Crippen LogP) is 4.04. The summed E-state index contributed by atoms with van der Waals surface area (Å²) in [4.78, 5) is 16.1. The van der Waals surface area contributed by atoms with Crippen LogP contribution in [-0.2, 0) is 6.54 Å². The van der Waals surface area contributed by atoms with E-state index in [2.05, 4.69) is 44.5 Å². The van der Waals surface area contributed by atoms with E-state index in [1.54, 1.807) is 13.3 Å². The van der Waals surface area contributed by atoms with Crippen LogP contribution < -0.4 is 15.0 Å². The minimum absolute atomic E-state index is 0.211. The van der Waals surface area contributed by atoms with Gasteiger partial charge >= 0.3 is 0 Å². The number of aliphatic hydroxyl groups is 1. The smallest absolute Gasteiger partial charge is 0.180 e. The SMILES string of the molecule is COc1cc(Nc2nc(-c3ccc4c(c3)CN=C4)cn3ccnc23)ccc1N1CCC(O)CC1. The zero-order chi connectivity index (χ0) is 23.1. The third-order valence-corrected chi connectivity index (χ3v) is 6.55. The Labute approximate surface area is 197 Å². The van der Waals surface area contributed by atoms with Crippen LogP contribution in [0.15, 0.2) is 60.0 Å². The van der Waals surface area contributed by atoms with Crippen LogP contribution in [0.2, 0.25) is 0 Å². The first-order valence-corrected chi connectivity index (χ1v) is 11.5. The third-order valence-electron chi connectivity index (χ3n) is 6.55. The number of methoxy groups -OCH3 is 1. The van der Waals surface area contributed by atoms with Crippen LogP contribution in [0.4, 0.5) is 17.2 Å². The summed E-state index contributed by atoms with van der Waals surface area (Å²) in [5, 5.41) is 13.3. The van der Waals surface area contributed by atoms with Crippen molar-refractivity contribution in [2.45, 2.75) is 25.5 Å². The summed E-state index contributed by atoms with van der Waals surface area (Å²) < 4.78 is 7.70. The molecule has 0 saturated carbocycles. The Morgan fingerprint density at radius 3 is 2.85 bits per heavy atom. The minimum atomic E-state index is -0.211. The molecule has 0 unspecified atom stereocenters. The maximum absolute atomic E-state index is 9.84. The van der Waals surface area contributed by atoms with Gasteiger partial charge in [-0.15, -0.1) is 0 Å². The standard InChI is InChI=1S/C26H26N6O2/c1-34-24-13-20(4-5-23(24)31-9-6-21(33)7-10-31)29-25-26-28-8-11-32(26)16-22(30-25)17-2-3-18-14-27-15-19(18)12-17/h2-5,8,11-14,16,21,33H,6-7,9-10,15H2,1H3,(H,29,30). The molecule has 2 aromatic heterocycles. The van der Waals surface area contributed by atoms with Gasteiger partial charge in [-0.2, -0.15) is 0 Å². The normalized spacial score (nSPS) is 15.6. The highest BCUT2D eigenvalue weighted by atomic mass is 16.5. The summed E-state index contributed by atoms with van der Waals surface area (Å²) in [5.41, 5.74) is 6.94. The number of imidazole rings is 1. The van der Waals surface area contributed by atoms with Gasteiger partial charge in [0.2, 0.25) is 0 Å². The van der Waals surface area contributed by atoms with Gasteiger partial charge in [-0.3, -0.25) is 4.99 Å². The fourth-order valence-electron chi connectivity index (χ4n) is 4.69. The van der Waals surface area contributed by atoms with Gasteiger partial charge in [0.1, 0.15) is 5.75 Å². The van der Waals surface area contributed by atoms with Gasteiger partial charge in [-0.05, 0) is 42.2 Å². The molecule has 2 aliphatic rings. The van der Waals surface area contributed by atoms with Crippen molar-refractivity contribution in [1.29, 1.82) is 0 Å². The number of aliphatic imine (C=N–C) groups is 1. The van der Waals surface area contributed by atoms with Crippen LogP contribution in [0, 0.1) is 0 Å². The Hall–Kier alpha value is -3.91. The average Bonchev–Trinajstić information content (AvgIpc) is 3.53. The Morgan fingerprint density at radius 1 is 1.12 bits per heavy atom. The Morgan fingerprint density at radius 2 is 2.00 bits per heavy atom. The molecule has 8 heteroatoms. The van der Waals surface area contributed by atoms with E-state index < -0.39 is 0 Å². The molecule has 34 heavy (non-hydrogen) atoms. The second kappa shape index (κ2) is 8.46. The summed E-state index contributed by atoms with van der Waals surface area (Å²) in [6.45, 7) is 2.34. The number of hydrogen-bond donors (Lipinski definition) is 2. The second-order valence-corrected chi connectivity index (χ2v) is 8.75. The third kappa shape index (κ3) is 3.76. The average molecular weight is 455 g/mol. The largest absolute Gasteiger partial charge is 0.495 e. The maximum Gasteiger partial charge on any atom is 0.180 e. The molecule has 0 bridgehead atoms. The lowest BCUT2D eigenvalue weighted by Gasteiger charge is -2.32. The molecule has 0 atom stereocenters. The minimum Gasteiger partial charge on any atom is -0.495 e. The lowest BCUT2D eigenvalue weighted by molar-refractivity contribution is 0.145. The van der Waals surface area contributed by atoms with E-state index in [-0.39, 0.29) is 6.10 Å². The van der Waals surface area contributed by atoms with Gasteiger partial charge in [-0.25, -0.2) is 9.97 Å². The number of ether oxygens (including phenoxy) is 1. The van der Waals surface area contributed by atoms with Gasteiger partial charge in [0, 0.05) is 55.2 Å². The van der Waals surface area contributed by atoms with Crippen LogP contribution in [0.25, 0.3) is 16.9 Å². The number of anilines is 3. The van der Waals surface area contributed by atoms with Gasteiger partial charge in [0.25, 0.3) is 0 Å². The number of benzene rings is 2. The molecule has 6 rings (SSSR count). The summed E-state index contributed by atoms with van der Waals surface area (Å²) in [6, 6.07) is 12.4. The van der Waals surface area contributed by atoms with E-state index in [4.69, 9.17) is 9.72 Å². The molecule has 4 heterocycles. The summed E-state index contributed by atoms with van der Waals surface area (Å²) in [6.07, 6.45) is 8.95. The predicted molar refractivity (Wildman–Crippen MR) is 133 cm³/mol. The van der Waals surface area contributed by atoms with Gasteiger partial charge in [-0.1, -0.05) is 12.1 Å². The fourth-order valence-corrected chi connectivity index (χ4v) is 4.69. The number of rotatable bonds is 5.